The highest BCUT2D eigenvalue weighted by Gasteiger charge is 2.08. The van der Waals surface area contributed by atoms with Crippen LogP contribution in [0.1, 0.15) is 24.5 Å². The topological polar surface area (TPSA) is 12.0 Å². The molecule has 1 aromatic carbocycles. The Morgan fingerprint density at radius 1 is 1.18 bits per heavy atom. The van der Waals surface area contributed by atoms with Gasteiger partial charge in [-0.3, -0.25) is 0 Å². The lowest BCUT2D eigenvalue weighted by atomic mass is 10.1. The quantitative estimate of drug-likeness (QED) is 0.778. The Labute approximate surface area is 108 Å². The molecule has 0 aliphatic heterocycles. The van der Waals surface area contributed by atoms with Crippen LogP contribution in [0, 0.1) is 6.92 Å². The van der Waals surface area contributed by atoms with E-state index in [0.717, 1.165) is 13.1 Å². The van der Waals surface area contributed by atoms with Crippen molar-refractivity contribution in [1.82, 2.24) is 5.32 Å². The van der Waals surface area contributed by atoms with E-state index in [2.05, 4.69) is 54.9 Å². The highest BCUT2D eigenvalue weighted by molar-refractivity contribution is 7.14. The fourth-order valence-corrected chi connectivity index (χ4v) is 3.00. The molecule has 0 saturated heterocycles. The first kappa shape index (κ1) is 12.3. The second-order valence-electron chi connectivity index (χ2n) is 4.26. The third kappa shape index (κ3) is 2.96. The molecule has 0 amide bonds. The molecule has 2 heteroatoms. The van der Waals surface area contributed by atoms with E-state index in [9.17, 15) is 0 Å². The molecule has 2 aromatic rings. The predicted molar refractivity (Wildman–Crippen MR) is 76.5 cm³/mol. The minimum Gasteiger partial charge on any atom is -0.313 e. The van der Waals surface area contributed by atoms with Gasteiger partial charge in [0.25, 0.3) is 0 Å². The molecule has 1 N–H and O–H groups in total. The summed E-state index contributed by atoms with van der Waals surface area (Å²) in [4.78, 5) is 1.40. The van der Waals surface area contributed by atoms with E-state index in [1.165, 1.54) is 28.0 Å². The standard InChI is InChI=1S/C15H19NS/c1-3-9-16-10-14-11-17-15(12(14)2)13-7-5-4-6-8-13/h4-8,11,16H,3,9-10H2,1-2H3. The molecule has 0 saturated carbocycles. The number of nitrogens with one attached hydrogen (secondary N) is 1. The molecule has 0 aliphatic rings. The van der Waals surface area contributed by atoms with Gasteiger partial charge in [0, 0.05) is 11.4 Å². The third-order valence-electron chi connectivity index (χ3n) is 2.92. The van der Waals surface area contributed by atoms with Gasteiger partial charge in [0.15, 0.2) is 0 Å². The second kappa shape index (κ2) is 5.99. The highest BCUT2D eigenvalue weighted by Crippen LogP contribution is 2.31. The molecule has 0 aliphatic carbocycles. The van der Waals surface area contributed by atoms with Crippen molar-refractivity contribution in [1.29, 1.82) is 0 Å². The van der Waals surface area contributed by atoms with Crippen molar-refractivity contribution < 1.29 is 0 Å². The maximum absolute atomic E-state index is 3.46. The van der Waals surface area contributed by atoms with Crippen LogP contribution in [0.2, 0.25) is 0 Å². The third-order valence-corrected chi connectivity index (χ3v) is 4.10. The van der Waals surface area contributed by atoms with E-state index in [1.54, 1.807) is 0 Å². The average Bonchev–Trinajstić information content (AvgIpc) is 2.73. The lowest BCUT2D eigenvalue weighted by Crippen LogP contribution is -2.13. The number of rotatable bonds is 5. The SMILES string of the molecule is CCCNCc1csc(-c2ccccc2)c1C. The predicted octanol–water partition coefficient (Wildman–Crippen LogP) is 4.22. The van der Waals surface area contributed by atoms with E-state index < -0.39 is 0 Å². The molecule has 1 nitrogen and oxygen atoms in total. The van der Waals surface area contributed by atoms with Gasteiger partial charge in [-0.1, -0.05) is 37.3 Å². The summed E-state index contributed by atoms with van der Waals surface area (Å²) < 4.78 is 0. The van der Waals surface area contributed by atoms with Crippen LogP contribution < -0.4 is 5.32 Å². The van der Waals surface area contributed by atoms with Gasteiger partial charge in [0.05, 0.1) is 0 Å². The van der Waals surface area contributed by atoms with Crippen molar-refractivity contribution in [2.24, 2.45) is 0 Å². The number of hydrogen-bond acceptors (Lipinski definition) is 2. The van der Waals surface area contributed by atoms with Gasteiger partial charge in [-0.05, 0) is 42.0 Å². The molecule has 0 fully saturated rings. The summed E-state index contributed by atoms with van der Waals surface area (Å²) in [5, 5.41) is 5.74. The fourth-order valence-electron chi connectivity index (χ4n) is 1.90. The van der Waals surface area contributed by atoms with Crippen LogP contribution in [0.5, 0.6) is 0 Å². The van der Waals surface area contributed by atoms with Gasteiger partial charge in [-0.15, -0.1) is 11.3 Å². The second-order valence-corrected chi connectivity index (χ2v) is 5.14. The van der Waals surface area contributed by atoms with Crippen LogP contribution in [0.3, 0.4) is 0 Å². The highest BCUT2D eigenvalue weighted by atomic mass is 32.1. The zero-order valence-electron chi connectivity index (χ0n) is 10.5. The van der Waals surface area contributed by atoms with Crippen LogP contribution in [0.15, 0.2) is 35.7 Å². The largest absolute Gasteiger partial charge is 0.313 e. The molecule has 0 unspecified atom stereocenters. The van der Waals surface area contributed by atoms with Crippen molar-refractivity contribution in [3.8, 4) is 10.4 Å². The summed E-state index contributed by atoms with van der Waals surface area (Å²) in [7, 11) is 0. The van der Waals surface area contributed by atoms with Crippen molar-refractivity contribution in [2.45, 2.75) is 26.8 Å². The molecule has 90 valence electrons. The number of benzene rings is 1. The zero-order chi connectivity index (χ0) is 12.1. The van der Waals surface area contributed by atoms with E-state index in [4.69, 9.17) is 0 Å². The summed E-state index contributed by atoms with van der Waals surface area (Å²) >= 11 is 1.85. The van der Waals surface area contributed by atoms with Gasteiger partial charge in [-0.25, -0.2) is 0 Å². The van der Waals surface area contributed by atoms with Crippen molar-refractivity contribution >= 4 is 11.3 Å². The van der Waals surface area contributed by atoms with E-state index >= 15 is 0 Å². The van der Waals surface area contributed by atoms with Gasteiger partial charge < -0.3 is 5.32 Å². The molecule has 0 bridgehead atoms. The maximum atomic E-state index is 3.46. The molecule has 1 heterocycles. The van der Waals surface area contributed by atoms with Crippen molar-refractivity contribution in [3.05, 3.63) is 46.8 Å². The summed E-state index contributed by atoms with van der Waals surface area (Å²) in [6, 6.07) is 10.6. The van der Waals surface area contributed by atoms with Crippen LogP contribution in [-0.4, -0.2) is 6.54 Å². The fraction of sp³-hybridized carbons (Fsp3) is 0.333. The van der Waals surface area contributed by atoms with Crippen LogP contribution in [0.4, 0.5) is 0 Å². The summed E-state index contributed by atoms with van der Waals surface area (Å²) in [6.07, 6.45) is 1.19. The van der Waals surface area contributed by atoms with Gasteiger partial charge >= 0.3 is 0 Å². The summed E-state index contributed by atoms with van der Waals surface area (Å²) in [5.41, 5.74) is 4.18. The summed E-state index contributed by atoms with van der Waals surface area (Å²) in [5.74, 6) is 0. The normalized spacial score (nSPS) is 10.7. The first-order valence-electron chi connectivity index (χ1n) is 6.16. The number of thiophene rings is 1. The number of hydrogen-bond donors (Lipinski definition) is 1. The lowest BCUT2D eigenvalue weighted by Gasteiger charge is -2.04. The Bertz CT molecular complexity index is 459. The summed E-state index contributed by atoms with van der Waals surface area (Å²) in [6.45, 7) is 6.50. The Balaban J connectivity index is 2.15. The molecule has 0 atom stereocenters. The zero-order valence-corrected chi connectivity index (χ0v) is 11.3. The first-order valence-corrected chi connectivity index (χ1v) is 7.04. The van der Waals surface area contributed by atoms with Crippen LogP contribution >= 0.6 is 11.3 Å². The molecule has 0 radical (unpaired) electrons. The van der Waals surface area contributed by atoms with Crippen LogP contribution in [0.25, 0.3) is 10.4 Å². The van der Waals surface area contributed by atoms with E-state index in [-0.39, 0.29) is 0 Å². The molecule has 0 spiro atoms. The minimum atomic E-state index is 0.989. The molecule has 1 aromatic heterocycles. The minimum absolute atomic E-state index is 0.989. The molecular formula is C15H19NS. The average molecular weight is 245 g/mol. The Morgan fingerprint density at radius 2 is 1.94 bits per heavy atom. The Kier molecular flexibility index (Phi) is 4.35. The van der Waals surface area contributed by atoms with Crippen molar-refractivity contribution in [3.63, 3.8) is 0 Å². The van der Waals surface area contributed by atoms with E-state index in [1.807, 2.05) is 11.3 Å². The monoisotopic (exact) mass is 245 g/mol. The van der Waals surface area contributed by atoms with Gasteiger partial charge in [0.1, 0.15) is 0 Å². The smallest absolute Gasteiger partial charge is 0.0375 e. The Hall–Kier alpha value is -1.12. The van der Waals surface area contributed by atoms with E-state index in [0.29, 0.717) is 0 Å². The van der Waals surface area contributed by atoms with Crippen molar-refractivity contribution in [2.75, 3.05) is 6.54 Å². The van der Waals surface area contributed by atoms with Gasteiger partial charge in [-0.2, -0.15) is 0 Å². The first-order chi connectivity index (χ1) is 8.33. The molecule has 17 heavy (non-hydrogen) atoms. The maximum Gasteiger partial charge on any atom is 0.0375 e. The molecule has 2 rings (SSSR count). The molecular weight excluding hydrogens is 226 g/mol. The lowest BCUT2D eigenvalue weighted by molar-refractivity contribution is 0.675. The van der Waals surface area contributed by atoms with Gasteiger partial charge in [0.2, 0.25) is 0 Å². The van der Waals surface area contributed by atoms with Crippen LogP contribution in [-0.2, 0) is 6.54 Å². The Morgan fingerprint density at radius 3 is 2.65 bits per heavy atom.